The number of ether oxygens (including phenoxy) is 2. The van der Waals surface area contributed by atoms with Crippen molar-refractivity contribution >= 4 is 23.9 Å². The lowest BCUT2D eigenvalue weighted by molar-refractivity contribution is -0.169. The Morgan fingerprint density at radius 2 is 1.40 bits per heavy atom. The Kier molecular flexibility index (Phi) is 10.5. The summed E-state index contributed by atoms with van der Waals surface area (Å²) < 4.78 is 11.4. The zero-order chi connectivity index (χ0) is 30.5. The molecule has 1 aliphatic heterocycles. The van der Waals surface area contributed by atoms with Crippen molar-refractivity contribution in [3.05, 3.63) is 131 Å². The summed E-state index contributed by atoms with van der Waals surface area (Å²) in [6, 6.07) is 34.0. The zero-order valence-electron chi connectivity index (χ0n) is 23.1. The van der Waals surface area contributed by atoms with Crippen LogP contribution in [0.1, 0.15) is 35.1 Å². The van der Waals surface area contributed by atoms with Crippen LogP contribution in [0.25, 0.3) is 0 Å². The first kappa shape index (κ1) is 30.3. The van der Waals surface area contributed by atoms with Gasteiger partial charge in [0.05, 0.1) is 18.3 Å². The van der Waals surface area contributed by atoms with Gasteiger partial charge in [-0.15, -0.1) is 0 Å². The fourth-order valence-corrected chi connectivity index (χ4v) is 4.16. The number of hydrogen-bond donors (Lipinski definition) is 3. The van der Waals surface area contributed by atoms with Gasteiger partial charge in [-0.05, 0) is 41.0 Å². The average Bonchev–Trinajstić information content (AvgIpc) is 3.46. The van der Waals surface area contributed by atoms with Crippen LogP contribution in [0.4, 0.5) is 0 Å². The summed E-state index contributed by atoms with van der Waals surface area (Å²) in [5.41, 5.74) is 2.07. The second-order valence-electron chi connectivity index (χ2n) is 9.57. The van der Waals surface area contributed by atoms with Crippen LogP contribution in [-0.2, 0) is 27.6 Å². The van der Waals surface area contributed by atoms with Crippen molar-refractivity contribution in [2.45, 2.75) is 31.7 Å². The third-order valence-electron chi connectivity index (χ3n) is 6.34. The molecule has 43 heavy (non-hydrogen) atoms. The molecule has 5 rings (SSSR count). The maximum atomic E-state index is 11.5. The predicted octanol–water partition coefficient (Wildman–Crippen LogP) is 5.76. The minimum Gasteiger partial charge on any atom is -0.489 e. The van der Waals surface area contributed by atoms with E-state index >= 15 is 0 Å². The maximum Gasteiger partial charge on any atom is 0.351 e. The molecule has 10 nitrogen and oxygen atoms in total. The number of rotatable bonds is 11. The molecule has 1 heterocycles. The van der Waals surface area contributed by atoms with Gasteiger partial charge < -0.3 is 29.7 Å². The molecule has 1 atom stereocenters. The van der Waals surface area contributed by atoms with Crippen LogP contribution in [0.5, 0.6) is 11.5 Å². The molecule has 0 aliphatic carbocycles. The first-order valence-corrected chi connectivity index (χ1v) is 13.3. The fourth-order valence-electron chi connectivity index (χ4n) is 4.16. The summed E-state index contributed by atoms with van der Waals surface area (Å²) in [5, 5.41) is 33.6. The molecule has 0 fully saturated rings. The third kappa shape index (κ3) is 8.92. The molecule has 3 N–H and O–H groups in total. The SMILES string of the molecule is O/N=C/c1cccc(OCc2ccccc2)c1.O=C(O)CC1(C(=O)O)CC(c2cccc(OCc3ccccc3)c2)=NO1. The van der Waals surface area contributed by atoms with Crippen molar-refractivity contribution in [1.29, 1.82) is 0 Å². The fraction of sp³-hybridized carbons (Fsp3) is 0.152. The van der Waals surface area contributed by atoms with Crippen LogP contribution in [0.3, 0.4) is 0 Å². The van der Waals surface area contributed by atoms with Crippen LogP contribution < -0.4 is 9.47 Å². The number of carboxylic acid groups (broad SMARTS) is 2. The van der Waals surface area contributed by atoms with E-state index in [9.17, 15) is 14.7 Å². The molecular weight excluding hydrogens is 552 g/mol. The van der Waals surface area contributed by atoms with Gasteiger partial charge in [0.25, 0.3) is 0 Å². The molecule has 0 spiro atoms. The monoisotopic (exact) mass is 582 g/mol. The molecule has 0 saturated carbocycles. The van der Waals surface area contributed by atoms with Gasteiger partial charge in [0.2, 0.25) is 5.60 Å². The standard InChI is InChI=1S/C19H17NO6.C14H13NO2/c21-17(22)11-19(18(23)24)10-16(20-26-19)14-7-4-8-15(9-14)25-12-13-5-2-1-3-6-13;16-15-10-13-7-4-8-14(9-13)17-11-12-5-2-1-3-6-12/h1-9H,10-12H2,(H,21,22)(H,23,24);1-10,16H,11H2/b;15-10+. The van der Waals surface area contributed by atoms with Gasteiger partial charge >= 0.3 is 11.9 Å². The van der Waals surface area contributed by atoms with Gasteiger partial charge in [0.15, 0.2) is 0 Å². The highest BCUT2D eigenvalue weighted by Gasteiger charge is 2.49. The number of hydrogen-bond acceptors (Lipinski definition) is 8. The number of benzene rings is 4. The minimum atomic E-state index is -1.87. The molecule has 0 amide bonds. The summed E-state index contributed by atoms with van der Waals surface area (Å²) in [6.07, 6.45) is 0.575. The quantitative estimate of drug-likeness (QED) is 0.115. The highest BCUT2D eigenvalue weighted by Crippen LogP contribution is 2.31. The van der Waals surface area contributed by atoms with Gasteiger partial charge in [0.1, 0.15) is 24.7 Å². The second-order valence-corrected chi connectivity index (χ2v) is 9.57. The largest absolute Gasteiger partial charge is 0.489 e. The van der Waals surface area contributed by atoms with E-state index in [0.29, 0.717) is 30.2 Å². The lowest BCUT2D eigenvalue weighted by atomic mass is 9.91. The Hall–Kier alpha value is -5.64. The van der Waals surface area contributed by atoms with E-state index in [-0.39, 0.29) is 6.42 Å². The van der Waals surface area contributed by atoms with Crippen LogP contribution in [-0.4, -0.2) is 44.9 Å². The molecule has 0 radical (unpaired) electrons. The van der Waals surface area contributed by atoms with E-state index < -0.39 is 24.0 Å². The summed E-state index contributed by atoms with van der Waals surface area (Å²) >= 11 is 0. The van der Waals surface area contributed by atoms with E-state index in [0.717, 1.165) is 22.4 Å². The van der Waals surface area contributed by atoms with Gasteiger partial charge in [-0.3, -0.25) is 4.79 Å². The van der Waals surface area contributed by atoms with Crippen molar-refractivity contribution in [1.82, 2.24) is 0 Å². The molecule has 220 valence electrons. The smallest absolute Gasteiger partial charge is 0.351 e. The molecule has 1 aliphatic rings. The first-order chi connectivity index (χ1) is 20.9. The number of carbonyl (C=O) groups is 2. The summed E-state index contributed by atoms with van der Waals surface area (Å²) in [6.45, 7) is 0.923. The van der Waals surface area contributed by atoms with E-state index in [2.05, 4.69) is 10.3 Å². The predicted molar refractivity (Wildman–Crippen MR) is 159 cm³/mol. The van der Waals surface area contributed by atoms with E-state index in [4.69, 9.17) is 24.6 Å². The Balaban J connectivity index is 0.000000215. The molecular formula is C33H30N2O8. The lowest BCUT2D eigenvalue weighted by Gasteiger charge is -2.18. The Labute approximate surface area is 248 Å². The summed E-state index contributed by atoms with van der Waals surface area (Å²) in [7, 11) is 0. The van der Waals surface area contributed by atoms with Crippen molar-refractivity contribution in [3.8, 4) is 11.5 Å². The molecule has 10 heteroatoms. The average molecular weight is 583 g/mol. The molecule has 0 bridgehead atoms. The van der Waals surface area contributed by atoms with Gasteiger partial charge in [-0.2, -0.15) is 0 Å². The van der Waals surface area contributed by atoms with Crippen LogP contribution >= 0.6 is 0 Å². The van der Waals surface area contributed by atoms with Crippen molar-refractivity contribution in [2.75, 3.05) is 0 Å². The van der Waals surface area contributed by atoms with Gasteiger partial charge in [0, 0.05) is 12.0 Å². The highest BCUT2D eigenvalue weighted by molar-refractivity contribution is 6.05. The normalized spacial score (nSPS) is 15.5. The van der Waals surface area contributed by atoms with Crippen LogP contribution in [0, 0.1) is 0 Å². The number of aliphatic carboxylic acids is 2. The minimum absolute atomic E-state index is 0.128. The molecule has 4 aromatic carbocycles. The molecule has 1 unspecified atom stereocenters. The van der Waals surface area contributed by atoms with E-state index in [1.807, 2.05) is 84.9 Å². The first-order valence-electron chi connectivity index (χ1n) is 13.3. The Morgan fingerprint density at radius 1 is 0.814 bits per heavy atom. The Bertz CT molecular complexity index is 1570. The summed E-state index contributed by atoms with van der Waals surface area (Å²) in [5.74, 6) is -1.26. The highest BCUT2D eigenvalue weighted by atomic mass is 16.7. The Morgan fingerprint density at radius 3 is 1.95 bits per heavy atom. The molecule has 0 aromatic heterocycles. The van der Waals surface area contributed by atoms with E-state index in [1.165, 1.54) is 6.21 Å². The van der Waals surface area contributed by atoms with Gasteiger partial charge in [-0.25, -0.2) is 4.79 Å². The third-order valence-corrected chi connectivity index (χ3v) is 6.34. The molecule has 0 saturated heterocycles. The van der Waals surface area contributed by atoms with Crippen molar-refractivity contribution in [2.24, 2.45) is 10.3 Å². The second kappa shape index (κ2) is 14.8. The summed E-state index contributed by atoms with van der Waals surface area (Å²) in [4.78, 5) is 27.5. The van der Waals surface area contributed by atoms with Crippen molar-refractivity contribution in [3.63, 3.8) is 0 Å². The van der Waals surface area contributed by atoms with Gasteiger partial charge in [-0.1, -0.05) is 95.2 Å². The van der Waals surface area contributed by atoms with Crippen molar-refractivity contribution < 1.29 is 39.3 Å². The zero-order valence-corrected chi connectivity index (χ0v) is 23.1. The molecule has 4 aromatic rings. The topological polar surface area (TPSA) is 147 Å². The number of nitrogens with zero attached hydrogens (tertiary/aromatic N) is 2. The van der Waals surface area contributed by atoms with Crippen LogP contribution in [0.15, 0.2) is 120 Å². The van der Waals surface area contributed by atoms with Crippen LogP contribution in [0.2, 0.25) is 0 Å². The number of carboxylic acids is 2. The van der Waals surface area contributed by atoms with E-state index in [1.54, 1.807) is 24.3 Å². The lowest BCUT2D eigenvalue weighted by Crippen LogP contribution is -2.41. The number of oxime groups is 2. The maximum absolute atomic E-state index is 11.5.